The van der Waals surface area contributed by atoms with Crippen molar-refractivity contribution in [1.29, 1.82) is 0 Å². The molecule has 0 aliphatic carbocycles. The molecule has 2 aromatic carbocycles. The zero-order chi connectivity index (χ0) is 19.0. The standard InChI is InChI=1S/C21H28ClNO3/c1-2-3-4-16-5-8-18(9-6-16)26-19-10-7-17(20(22)13-19)11-12-21(23,14-24)15-25/h5-10,13,24-25H,2-4,11-12,14-15,23H2,1H3. The summed E-state index contributed by atoms with van der Waals surface area (Å²) in [5.41, 5.74) is 7.13. The fraction of sp³-hybridized carbons (Fsp3) is 0.429. The van der Waals surface area contributed by atoms with Crippen LogP contribution in [-0.2, 0) is 12.8 Å². The molecule has 4 nitrogen and oxygen atoms in total. The second kappa shape index (κ2) is 9.93. The topological polar surface area (TPSA) is 75.7 Å². The molecular weight excluding hydrogens is 350 g/mol. The van der Waals surface area contributed by atoms with Crippen molar-refractivity contribution in [2.24, 2.45) is 5.73 Å². The number of rotatable bonds is 10. The van der Waals surface area contributed by atoms with Gasteiger partial charge >= 0.3 is 0 Å². The first-order valence-electron chi connectivity index (χ1n) is 9.05. The van der Waals surface area contributed by atoms with Crippen molar-refractivity contribution in [2.75, 3.05) is 13.2 Å². The number of aliphatic hydroxyl groups is 2. The van der Waals surface area contributed by atoms with Crippen LogP contribution in [0, 0.1) is 0 Å². The van der Waals surface area contributed by atoms with Crippen LogP contribution in [0.15, 0.2) is 42.5 Å². The molecule has 5 heteroatoms. The molecule has 0 unspecified atom stereocenters. The third-order valence-corrected chi connectivity index (χ3v) is 4.88. The first-order chi connectivity index (χ1) is 12.5. The average molecular weight is 378 g/mol. The summed E-state index contributed by atoms with van der Waals surface area (Å²) in [4.78, 5) is 0. The maximum atomic E-state index is 9.27. The molecule has 26 heavy (non-hydrogen) atoms. The van der Waals surface area contributed by atoms with E-state index in [4.69, 9.17) is 22.1 Å². The maximum Gasteiger partial charge on any atom is 0.128 e. The number of benzene rings is 2. The van der Waals surface area contributed by atoms with E-state index in [0.29, 0.717) is 23.6 Å². The first-order valence-corrected chi connectivity index (χ1v) is 9.43. The number of hydrogen-bond acceptors (Lipinski definition) is 4. The lowest BCUT2D eigenvalue weighted by Crippen LogP contribution is -2.47. The fourth-order valence-electron chi connectivity index (χ4n) is 2.63. The third-order valence-electron chi connectivity index (χ3n) is 4.52. The van der Waals surface area contributed by atoms with Gasteiger partial charge in [0, 0.05) is 5.02 Å². The van der Waals surface area contributed by atoms with Gasteiger partial charge in [-0.25, -0.2) is 0 Å². The number of ether oxygens (including phenoxy) is 1. The third kappa shape index (κ3) is 5.99. The molecule has 0 amide bonds. The average Bonchev–Trinajstić information content (AvgIpc) is 2.66. The summed E-state index contributed by atoms with van der Waals surface area (Å²) in [6.45, 7) is 1.65. The minimum atomic E-state index is -0.988. The number of hydrogen-bond donors (Lipinski definition) is 3. The van der Waals surface area contributed by atoms with Crippen molar-refractivity contribution < 1.29 is 14.9 Å². The molecular formula is C21H28ClNO3. The molecule has 0 atom stereocenters. The summed E-state index contributed by atoms with van der Waals surface area (Å²) in [5, 5.41) is 19.1. The molecule has 0 heterocycles. The van der Waals surface area contributed by atoms with E-state index in [2.05, 4.69) is 19.1 Å². The number of halogens is 1. The van der Waals surface area contributed by atoms with Gasteiger partial charge in [-0.1, -0.05) is 43.1 Å². The molecule has 0 bridgehead atoms. The Morgan fingerprint density at radius 3 is 2.23 bits per heavy atom. The second-order valence-electron chi connectivity index (χ2n) is 6.78. The van der Waals surface area contributed by atoms with E-state index in [1.54, 1.807) is 6.07 Å². The van der Waals surface area contributed by atoms with Gasteiger partial charge in [0.15, 0.2) is 0 Å². The molecule has 2 rings (SSSR count). The van der Waals surface area contributed by atoms with Gasteiger partial charge in [-0.2, -0.15) is 0 Å². The summed E-state index contributed by atoms with van der Waals surface area (Å²) in [6.07, 6.45) is 4.47. The van der Waals surface area contributed by atoms with E-state index in [1.165, 1.54) is 18.4 Å². The van der Waals surface area contributed by atoms with E-state index in [-0.39, 0.29) is 13.2 Å². The van der Waals surface area contributed by atoms with Gasteiger partial charge in [0.25, 0.3) is 0 Å². The highest BCUT2D eigenvalue weighted by Gasteiger charge is 2.23. The molecule has 0 fully saturated rings. The Hall–Kier alpha value is -1.59. The van der Waals surface area contributed by atoms with Crippen LogP contribution in [0.2, 0.25) is 5.02 Å². The molecule has 0 spiro atoms. The minimum Gasteiger partial charge on any atom is -0.457 e. The van der Waals surface area contributed by atoms with Crippen molar-refractivity contribution in [1.82, 2.24) is 0 Å². The van der Waals surface area contributed by atoms with Crippen molar-refractivity contribution in [3.05, 3.63) is 58.6 Å². The van der Waals surface area contributed by atoms with Crippen molar-refractivity contribution >= 4 is 11.6 Å². The predicted octanol–water partition coefficient (Wildman–Crippen LogP) is 4.09. The molecule has 0 aliphatic heterocycles. The Bertz CT molecular complexity index is 684. The van der Waals surface area contributed by atoms with Crippen LogP contribution in [0.5, 0.6) is 11.5 Å². The van der Waals surface area contributed by atoms with Crippen molar-refractivity contribution in [2.45, 2.75) is 44.6 Å². The molecule has 0 aliphatic rings. The Morgan fingerprint density at radius 1 is 1.00 bits per heavy atom. The van der Waals surface area contributed by atoms with Gasteiger partial charge < -0.3 is 20.7 Å². The summed E-state index contributed by atoms with van der Waals surface area (Å²) in [5.74, 6) is 1.44. The summed E-state index contributed by atoms with van der Waals surface area (Å²) in [6, 6.07) is 13.6. The Kier molecular flexibility index (Phi) is 7.91. The minimum absolute atomic E-state index is 0.267. The van der Waals surface area contributed by atoms with E-state index in [1.807, 2.05) is 24.3 Å². The van der Waals surface area contributed by atoms with Crippen LogP contribution in [0.25, 0.3) is 0 Å². The van der Waals surface area contributed by atoms with Crippen LogP contribution in [0.4, 0.5) is 0 Å². The van der Waals surface area contributed by atoms with Crippen LogP contribution >= 0.6 is 11.6 Å². The lowest BCUT2D eigenvalue weighted by molar-refractivity contribution is 0.115. The molecule has 142 valence electrons. The van der Waals surface area contributed by atoms with Crippen LogP contribution in [0.1, 0.15) is 37.3 Å². The molecule has 4 N–H and O–H groups in total. The summed E-state index contributed by atoms with van der Waals surface area (Å²) < 4.78 is 5.87. The summed E-state index contributed by atoms with van der Waals surface area (Å²) in [7, 11) is 0. The fourth-order valence-corrected chi connectivity index (χ4v) is 2.89. The second-order valence-corrected chi connectivity index (χ2v) is 7.19. The van der Waals surface area contributed by atoms with Gasteiger partial charge in [-0.3, -0.25) is 0 Å². The van der Waals surface area contributed by atoms with Crippen LogP contribution < -0.4 is 10.5 Å². The molecule has 0 radical (unpaired) electrons. The number of aliphatic hydroxyl groups excluding tert-OH is 2. The number of unbranched alkanes of at least 4 members (excludes halogenated alkanes) is 1. The number of aryl methyl sites for hydroxylation is 2. The zero-order valence-electron chi connectivity index (χ0n) is 15.2. The van der Waals surface area contributed by atoms with Crippen LogP contribution in [0.3, 0.4) is 0 Å². The van der Waals surface area contributed by atoms with Crippen LogP contribution in [-0.4, -0.2) is 29.0 Å². The highest BCUT2D eigenvalue weighted by molar-refractivity contribution is 6.31. The van der Waals surface area contributed by atoms with Gasteiger partial charge in [0.2, 0.25) is 0 Å². The van der Waals surface area contributed by atoms with Gasteiger partial charge in [-0.05, 0) is 61.1 Å². The zero-order valence-corrected chi connectivity index (χ0v) is 16.0. The van der Waals surface area contributed by atoms with E-state index in [0.717, 1.165) is 17.7 Å². The molecule has 2 aromatic rings. The lowest BCUT2D eigenvalue weighted by atomic mass is 9.94. The SMILES string of the molecule is CCCCc1ccc(Oc2ccc(CCC(N)(CO)CO)c(Cl)c2)cc1. The highest BCUT2D eigenvalue weighted by Crippen LogP contribution is 2.28. The first kappa shape index (κ1) is 20.7. The van der Waals surface area contributed by atoms with Gasteiger partial charge in [0.1, 0.15) is 11.5 Å². The van der Waals surface area contributed by atoms with E-state index in [9.17, 15) is 10.2 Å². The van der Waals surface area contributed by atoms with Gasteiger partial charge in [0.05, 0.1) is 18.8 Å². The van der Waals surface area contributed by atoms with Crippen molar-refractivity contribution in [3.63, 3.8) is 0 Å². The quantitative estimate of drug-likeness (QED) is 0.583. The predicted molar refractivity (Wildman–Crippen MR) is 106 cm³/mol. The number of nitrogens with two attached hydrogens (primary N) is 1. The van der Waals surface area contributed by atoms with Gasteiger partial charge in [-0.15, -0.1) is 0 Å². The summed E-state index contributed by atoms with van der Waals surface area (Å²) >= 11 is 6.35. The van der Waals surface area contributed by atoms with E-state index < -0.39 is 5.54 Å². The highest BCUT2D eigenvalue weighted by atomic mass is 35.5. The monoisotopic (exact) mass is 377 g/mol. The Morgan fingerprint density at radius 2 is 1.65 bits per heavy atom. The normalized spacial score (nSPS) is 11.6. The molecule has 0 aromatic heterocycles. The Labute approximate surface area is 160 Å². The lowest BCUT2D eigenvalue weighted by Gasteiger charge is -2.24. The van der Waals surface area contributed by atoms with Crippen molar-refractivity contribution in [3.8, 4) is 11.5 Å². The Balaban J connectivity index is 1.98. The largest absolute Gasteiger partial charge is 0.457 e. The molecule has 0 saturated heterocycles. The smallest absolute Gasteiger partial charge is 0.128 e. The molecule has 0 saturated carbocycles. The van der Waals surface area contributed by atoms with E-state index >= 15 is 0 Å². The maximum absolute atomic E-state index is 9.27.